The van der Waals surface area contributed by atoms with Gasteiger partial charge >= 0.3 is 0 Å². The highest BCUT2D eigenvalue weighted by Gasteiger charge is 2.15. The van der Waals surface area contributed by atoms with E-state index in [1.165, 1.54) is 18.2 Å². The number of ether oxygens (including phenoxy) is 2. The van der Waals surface area contributed by atoms with Crippen molar-refractivity contribution in [3.05, 3.63) is 63.6 Å². The number of rotatable bonds is 13. The molecule has 0 radical (unpaired) electrons. The van der Waals surface area contributed by atoms with E-state index in [9.17, 15) is 18.0 Å². The lowest BCUT2D eigenvalue weighted by Crippen LogP contribution is -2.31. The van der Waals surface area contributed by atoms with Gasteiger partial charge < -0.3 is 14.8 Å². The van der Waals surface area contributed by atoms with Gasteiger partial charge in [-0.2, -0.15) is 0 Å². The van der Waals surface area contributed by atoms with Crippen LogP contribution in [0.5, 0.6) is 5.75 Å². The number of sulfonamides is 1. The molecule has 11 heteroatoms. The summed E-state index contributed by atoms with van der Waals surface area (Å²) in [6.07, 6.45) is 4.57. The number of carbonyl (C=O) groups excluding carboxylic acids is 2. The van der Waals surface area contributed by atoms with Crippen LogP contribution in [0.1, 0.15) is 42.1 Å². The summed E-state index contributed by atoms with van der Waals surface area (Å²) in [5.74, 6) is -0.963. The summed E-state index contributed by atoms with van der Waals surface area (Å²) in [5, 5.41) is 3.31. The largest absolute Gasteiger partial charge is 0.491 e. The standard InChI is InChI=1S/C24H28Cl2N2O6S/c1-3-4-5-14-35(31,32)28-23(29)11-7-17-6-9-19(34-13-12-33-2)16-22(17)27-24(30)20-10-8-18(25)15-21(20)26/h6-11,15-16H,3-5,12-14H2,1-2H3,(H,27,30)(H,28,29)/b11-7+. The van der Waals surface area contributed by atoms with Gasteiger partial charge in [-0.1, -0.05) is 43.0 Å². The fraction of sp³-hybridized carbons (Fsp3) is 0.333. The highest BCUT2D eigenvalue weighted by atomic mass is 35.5. The second kappa shape index (κ2) is 14.1. The molecule has 0 aliphatic carbocycles. The predicted octanol–water partition coefficient (Wildman–Crippen LogP) is 4.92. The zero-order valence-corrected chi connectivity index (χ0v) is 21.8. The fourth-order valence-electron chi connectivity index (χ4n) is 2.93. The first-order valence-corrected chi connectivity index (χ1v) is 13.3. The Bertz CT molecular complexity index is 1170. The number of halogens is 2. The molecule has 0 aliphatic rings. The predicted molar refractivity (Wildman–Crippen MR) is 139 cm³/mol. The van der Waals surface area contributed by atoms with Crippen molar-refractivity contribution in [3.63, 3.8) is 0 Å². The Hall–Kier alpha value is -2.59. The molecule has 0 bridgehead atoms. The third-order valence-electron chi connectivity index (χ3n) is 4.69. The van der Waals surface area contributed by atoms with Crippen molar-refractivity contribution in [2.45, 2.75) is 26.2 Å². The molecule has 0 spiro atoms. The Labute approximate surface area is 215 Å². The van der Waals surface area contributed by atoms with Crippen LogP contribution in [0, 0.1) is 0 Å². The second-order valence-electron chi connectivity index (χ2n) is 7.49. The minimum atomic E-state index is -3.73. The number of hydrogen-bond donors (Lipinski definition) is 2. The Morgan fingerprint density at radius 1 is 1.06 bits per heavy atom. The lowest BCUT2D eigenvalue weighted by atomic mass is 10.1. The summed E-state index contributed by atoms with van der Waals surface area (Å²) in [7, 11) is -2.18. The zero-order chi connectivity index (χ0) is 25.8. The van der Waals surface area contributed by atoms with Crippen LogP contribution < -0.4 is 14.8 Å². The first-order chi connectivity index (χ1) is 16.6. The third kappa shape index (κ3) is 9.89. The van der Waals surface area contributed by atoms with Crippen molar-refractivity contribution in [2.24, 2.45) is 0 Å². The number of nitrogens with one attached hydrogen (secondary N) is 2. The maximum Gasteiger partial charge on any atom is 0.257 e. The van der Waals surface area contributed by atoms with Crippen molar-refractivity contribution >= 4 is 56.8 Å². The topological polar surface area (TPSA) is 111 Å². The minimum Gasteiger partial charge on any atom is -0.491 e. The van der Waals surface area contributed by atoms with Crippen molar-refractivity contribution in [3.8, 4) is 5.75 Å². The Kier molecular flexibility index (Phi) is 11.5. The molecule has 0 saturated carbocycles. The lowest BCUT2D eigenvalue weighted by molar-refractivity contribution is -0.114. The molecule has 2 amide bonds. The minimum absolute atomic E-state index is 0.128. The van der Waals surface area contributed by atoms with Crippen LogP contribution in [0.4, 0.5) is 5.69 Å². The van der Waals surface area contributed by atoms with Crippen LogP contribution in [0.15, 0.2) is 42.5 Å². The van der Waals surface area contributed by atoms with Gasteiger partial charge in [0, 0.05) is 24.3 Å². The molecule has 190 valence electrons. The van der Waals surface area contributed by atoms with Crippen molar-refractivity contribution < 1.29 is 27.5 Å². The summed E-state index contributed by atoms with van der Waals surface area (Å²) in [5.41, 5.74) is 0.972. The molecular formula is C24H28Cl2N2O6S. The van der Waals surface area contributed by atoms with Crippen molar-refractivity contribution in [1.29, 1.82) is 0 Å². The first-order valence-electron chi connectivity index (χ1n) is 10.9. The molecule has 2 aromatic rings. The summed E-state index contributed by atoms with van der Waals surface area (Å²) >= 11 is 12.1. The highest BCUT2D eigenvalue weighted by Crippen LogP contribution is 2.27. The fourth-order valence-corrected chi connectivity index (χ4v) is 4.49. The molecule has 0 aliphatic heterocycles. The molecule has 0 atom stereocenters. The van der Waals surface area contributed by atoms with Gasteiger partial charge in [-0.25, -0.2) is 13.1 Å². The smallest absolute Gasteiger partial charge is 0.257 e. The number of unbranched alkanes of at least 4 members (excludes halogenated alkanes) is 2. The molecule has 8 nitrogen and oxygen atoms in total. The molecule has 0 fully saturated rings. The van der Waals surface area contributed by atoms with Crippen molar-refractivity contribution in [1.82, 2.24) is 4.72 Å². The normalized spacial score (nSPS) is 11.4. The quantitative estimate of drug-likeness (QED) is 0.274. The number of carbonyl (C=O) groups is 2. The van der Waals surface area contributed by atoms with E-state index >= 15 is 0 Å². The van der Waals surface area contributed by atoms with Crippen molar-refractivity contribution in [2.75, 3.05) is 31.4 Å². The van der Waals surface area contributed by atoms with Gasteiger partial charge in [0.05, 0.1) is 28.6 Å². The SMILES string of the molecule is CCCCCS(=O)(=O)NC(=O)/C=C/c1ccc(OCCOC)cc1NC(=O)c1ccc(Cl)cc1Cl. The molecule has 0 aromatic heterocycles. The van der Waals surface area contributed by atoms with E-state index in [4.69, 9.17) is 32.7 Å². The Balaban J connectivity index is 2.24. The average molecular weight is 543 g/mol. The molecule has 2 rings (SSSR count). The van der Waals surface area contributed by atoms with Gasteiger partial charge in [-0.3, -0.25) is 9.59 Å². The van der Waals surface area contributed by atoms with Gasteiger partial charge in [0.2, 0.25) is 10.0 Å². The van der Waals surface area contributed by atoms with Crippen LogP contribution >= 0.6 is 23.2 Å². The molecular weight excluding hydrogens is 515 g/mol. The maximum atomic E-state index is 12.8. The number of methoxy groups -OCH3 is 1. The van der Waals surface area contributed by atoms with Gasteiger partial charge in [0.1, 0.15) is 12.4 Å². The van der Waals surface area contributed by atoms with E-state index < -0.39 is 21.8 Å². The van der Waals surface area contributed by atoms with E-state index in [0.717, 1.165) is 18.9 Å². The van der Waals surface area contributed by atoms with Crippen LogP contribution in [0.25, 0.3) is 6.08 Å². The second-order valence-corrected chi connectivity index (χ2v) is 10.2. The number of anilines is 1. The monoisotopic (exact) mass is 542 g/mol. The van der Waals surface area contributed by atoms with Gasteiger partial charge in [0.15, 0.2) is 0 Å². The molecule has 2 aromatic carbocycles. The van der Waals surface area contributed by atoms with Gasteiger partial charge in [-0.15, -0.1) is 0 Å². The number of hydrogen-bond acceptors (Lipinski definition) is 6. The van der Waals surface area contributed by atoms with Gasteiger partial charge in [0.25, 0.3) is 11.8 Å². The molecule has 0 heterocycles. The maximum absolute atomic E-state index is 12.8. The Morgan fingerprint density at radius 3 is 2.51 bits per heavy atom. The van der Waals surface area contributed by atoms with E-state index in [1.807, 2.05) is 11.6 Å². The van der Waals surface area contributed by atoms with Crippen LogP contribution in [-0.2, 0) is 19.6 Å². The summed E-state index contributed by atoms with van der Waals surface area (Å²) < 4.78 is 36.7. The third-order valence-corrected chi connectivity index (χ3v) is 6.58. The van der Waals surface area contributed by atoms with Crippen LogP contribution in [0.3, 0.4) is 0 Å². The Morgan fingerprint density at radius 2 is 1.83 bits per heavy atom. The molecule has 35 heavy (non-hydrogen) atoms. The molecule has 0 unspecified atom stereocenters. The highest BCUT2D eigenvalue weighted by molar-refractivity contribution is 7.90. The van der Waals surface area contributed by atoms with E-state index in [0.29, 0.717) is 41.7 Å². The average Bonchev–Trinajstić information content (AvgIpc) is 2.78. The van der Waals surface area contributed by atoms with Crippen LogP contribution in [0.2, 0.25) is 10.0 Å². The summed E-state index contributed by atoms with van der Waals surface area (Å²) in [4.78, 5) is 25.0. The van der Waals surface area contributed by atoms with E-state index in [-0.39, 0.29) is 16.3 Å². The van der Waals surface area contributed by atoms with Gasteiger partial charge in [-0.05, 0) is 48.4 Å². The zero-order valence-electron chi connectivity index (χ0n) is 19.5. The summed E-state index contributed by atoms with van der Waals surface area (Å²) in [6, 6.07) is 9.34. The summed E-state index contributed by atoms with van der Waals surface area (Å²) in [6.45, 7) is 2.62. The van der Waals surface area contributed by atoms with E-state index in [1.54, 1.807) is 31.4 Å². The van der Waals surface area contributed by atoms with Crippen LogP contribution in [-0.4, -0.2) is 46.3 Å². The lowest BCUT2D eigenvalue weighted by Gasteiger charge is -2.13. The van der Waals surface area contributed by atoms with E-state index in [2.05, 4.69) is 5.32 Å². The number of benzene rings is 2. The molecule has 0 saturated heterocycles. The number of amides is 2. The molecule has 2 N–H and O–H groups in total. The first kappa shape index (κ1) is 28.6.